The number of amides is 1. The first-order chi connectivity index (χ1) is 10.6. The molecule has 2 atom stereocenters. The van der Waals surface area contributed by atoms with Gasteiger partial charge in [0.2, 0.25) is 0 Å². The van der Waals surface area contributed by atoms with Crippen molar-refractivity contribution in [2.45, 2.75) is 18.5 Å². The van der Waals surface area contributed by atoms with Gasteiger partial charge in [-0.05, 0) is 18.6 Å². The molecule has 2 bridgehead atoms. The molecule has 0 aliphatic carbocycles. The molecule has 2 fully saturated rings. The highest BCUT2D eigenvalue weighted by molar-refractivity contribution is 5.98. The monoisotopic (exact) mass is 302 g/mol. The summed E-state index contributed by atoms with van der Waals surface area (Å²) in [7, 11) is 0. The highest BCUT2D eigenvalue weighted by Gasteiger charge is 2.47. The number of fused-ring (bicyclic) bond motifs is 3. The highest BCUT2D eigenvalue weighted by atomic mass is 16.6. The molecule has 2 unspecified atom stereocenters. The topological polar surface area (TPSA) is 103 Å². The van der Waals surface area contributed by atoms with Gasteiger partial charge in [0.15, 0.2) is 0 Å². The Balaban J connectivity index is 1.79. The number of piperazine rings is 1. The Labute approximate surface area is 125 Å². The Morgan fingerprint density at radius 3 is 2.77 bits per heavy atom. The maximum absolute atomic E-state index is 11.4. The largest absolute Gasteiger partial charge is 0.465 e. The van der Waals surface area contributed by atoms with Gasteiger partial charge in [-0.15, -0.1) is 0 Å². The number of nitrogens with one attached hydrogen (secondary N) is 1. The van der Waals surface area contributed by atoms with Crippen molar-refractivity contribution in [2.24, 2.45) is 0 Å². The molecular weight excluding hydrogens is 288 g/mol. The molecule has 8 heteroatoms. The standard InChI is InChI=1S/C14H14N4O4/c19-14(20)17-7-8-5-9(17)6-16(8)13-10-3-4-15-11(10)1-2-12(13)18(21)22/h1-4,8-9,15H,5-7H2,(H,19,20). The van der Waals surface area contributed by atoms with E-state index in [4.69, 9.17) is 5.11 Å². The molecule has 2 aliphatic rings. The number of H-pyrrole nitrogens is 1. The minimum absolute atomic E-state index is 0.000278. The number of nitro benzene ring substituents is 1. The molecule has 2 aliphatic heterocycles. The van der Waals surface area contributed by atoms with E-state index in [-0.39, 0.29) is 22.7 Å². The number of anilines is 1. The number of carbonyl (C=O) groups is 1. The van der Waals surface area contributed by atoms with E-state index in [9.17, 15) is 14.9 Å². The summed E-state index contributed by atoms with van der Waals surface area (Å²) in [5.74, 6) is 0. The van der Waals surface area contributed by atoms with Crippen LogP contribution in [0.4, 0.5) is 16.2 Å². The summed E-state index contributed by atoms with van der Waals surface area (Å²) < 4.78 is 0. The third-order valence-electron chi connectivity index (χ3n) is 4.65. The van der Waals surface area contributed by atoms with Crippen LogP contribution in [0, 0.1) is 10.1 Å². The van der Waals surface area contributed by atoms with E-state index in [2.05, 4.69) is 4.98 Å². The van der Waals surface area contributed by atoms with E-state index < -0.39 is 6.09 Å². The molecular formula is C14H14N4O4. The van der Waals surface area contributed by atoms with Crippen LogP contribution < -0.4 is 4.90 Å². The van der Waals surface area contributed by atoms with Crippen molar-refractivity contribution in [3.63, 3.8) is 0 Å². The van der Waals surface area contributed by atoms with Gasteiger partial charge in [0.05, 0.1) is 11.0 Å². The maximum atomic E-state index is 11.4. The zero-order valence-corrected chi connectivity index (χ0v) is 11.6. The zero-order chi connectivity index (χ0) is 15.4. The quantitative estimate of drug-likeness (QED) is 0.652. The van der Waals surface area contributed by atoms with Crippen molar-refractivity contribution in [1.29, 1.82) is 0 Å². The Morgan fingerprint density at radius 1 is 1.32 bits per heavy atom. The SMILES string of the molecule is O=C(O)N1CC2CC1CN2c1c([N+](=O)[O-])ccc2[nH]ccc12. The molecule has 2 aromatic rings. The number of likely N-dealkylation sites (tertiary alicyclic amines) is 1. The van der Waals surface area contributed by atoms with Crippen molar-refractivity contribution < 1.29 is 14.8 Å². The van der Waals surface area contributed by atoms with E-state index in [0.29, 0.717) is 18.8 Å². The van der Waals surface area contributed by atoms with Gasteiger partial charge in [-0.1, -0.05) is 0 Å². The van der Waals surface area contributed by atoms with Gasteiger partial charge < -0.3 is 19.9 Å². The van der Waals surface area contributed by atoms with Crippen LogP contribution in [-0.2, 0) is 0 Å². The predicted octanol–water partition coefficient (Wildman–Crippen LogP) is 2.02. The lowest BCUT2D eigenvalue weighted by atomic mass is 10.1. The van der Waals surface area contributed by atoms with Crippen molar-refractivity contribution in [3.05, 3.63) is 34.5 Å². The van der Waals surface area contributed by atoms with Crippen LogP contribution in [0.25, 0.3) is 10.9 Å². The minimum atomic E-state index is -0.915. The molecule has 0 radical (unpaired) electrons. The minimum Gasteiger partial charge on any atom is -0.465 e. The van der Waals surface area contributed by atoms with Crippen molar-refractivity contribution >= 4 is 28.4 Å². The highest BCUT2D eigenvalue weighted by Crippen LogP contribution is 2.42. The summed E-state index contributed by atoms with van der Waals surface area (Å²) in [5.41, 5.74) is 1.52. The van der Waals surface area contributed by atoms with Crippen LogP contribution in [0.15, 0.2) is 24.4 Å². The van der Waals surface area contributed by atoms with E-state index in [0.717, 1.165) is 17.3 Å². The fourth-order valence-electron chi connectivity index (χ4n) is 3.73. The fraction of sp³-hybridized carbons (Fsp3) is 0.357. The average molecular weight is 302 g/mol. The van der Waals surface area contributed by atoms with Crippen LogP contribution in [0.1, 0.15) is 6.42 Å². The van der Waals surface area contributed by atoms with Gasteiger partial charge in [0.1, 0.15) is 5.69 Å². The molecule has 0 saturated carbocycles. The van der Waals surface area contributed by atoms with Crippen molar-refractivity contribution in [3.8, 4) is 0 Å². The number of nitrogens with zero attached hydrogens (tertiary/aromatic N) is 3. The lowest BCUT2D eigenvalue weighted by molar-refractivity contribution is -0.384. The predicted molar refractivity (Wildman–Crippen MR) is 79.2 cm³/mol. The molecule has 8 nitrogen and oxygen atoms in total. The van der Waals surface area contributed by atoms with Gasteiger partial charge in [0.25, 0.3) is 5.69 Å². The number of aromatic amines is 1. The molecule has 2 N–H and O–H groups in total. The van der Waals surface area contributed by atoms with Crippen LogP contribution in [-0.4, -0.2) is 51.2 Å². The molecule has 4 rings (SSSR count). The van der Waals surface area contributed by atoms with Gasteiger partial charge in [-0.2, -0.15) is 0 Å². The second-order valence-electron chi connectivity index (χ2n) is 5.76. The van der Waals surface area contributed by atoms with Gasteiger partial charge in [0, 0.05) is 42.3 Å². The van der Waals surface area contributed by atoms with E-state index in [1.165, 1.54) is 11.0 Å². The van der Waals surface area contributed by atoms with Crippen LogP contribution in [0.3, 0.4) is 0 Å². The summed E-state index contributed by atoms with van der Waals surface area (Å²) in [5, 5.41) is 21.4. The summed E-state index contributed by atoms with van der Waals surface area (Å²) in [4.78, 5) is 28.7. The average Bonchev–Trinajstić information content (AvgIpc) is 3.19. The second-order valence-corrected chi connectivity index (χ2v) is 5.76. The molecule has 1 aromatic carbocycles. The number of hydrogen-bond donors (Lipinski definition) is 2. The number of carboxylic acid groups (broad SMARTS) is 1. The number of rotatable bonds is 2. The molecule has 1 aromatic heterocycles. The number of nitro groups is 1. The first-order valence-corrected chi connectivity index (χ1v) is 7.07. The number of benzene rings is 1. The molecule has 0 spiro atoms. The lowest BCUT2D eigenvalue weighted by Crippen LogP contribution is -2.48. The molecule has 3 heterocycles. The number of aromatic nitrogens is 1. The van der Waals surface area contributed by atoms with Gasteiger partial charge in [-0.25, -0.2) is 4.79 Å². The van der Waals surface area contributed by atoms with Crippen molar-refractivity contribution in [1.82, 2.24) is 9.88 Å². The van der Waals surface area contributed by atoms with Gasteiger partial charge >= 0.3 is 6.09 Å². The van der Waals surface area contributed by atoms with Crippen LogP contribution in [0.5, 0.6) is 0 Å². The number of hydrogen-bond acceptors (Lipinski definition) is 4. The Kier molecular flexibility index (Phi) is 2.56. The molecule has 114 valence electrons. The summed E-state index contributed by atoms with van der Waals surface area (Å²) in [6, 6.07) is 4.96. The zero-order valence-electron chi connectivity index (χ0n) is 11.6. The van der Waals surface area contributed by atoms with Crippen molar-refractivity contribution in [2.75, 3.05) is 18.0 Å². The Bertz CT molecular complexity index is 786. The third-order valence-corrected chi connectivity index (χ3v) is 4.65. The second kappa shape index (κ2) is 4.36. The Hall–Kier alpha value is -2.77. The van der Waals surface area contributed by atoms with Crippen LogP contribution in [0.2, 0.25) is 0 Å². The van der Waals surface area contributed by atoms with E-state index in [1.54, 1.807) is 12.3 Å². The molecule has 2 saturated heterocycles. The third kappa shape index (κ3) is 1.66. The molecule has 22 heavy (non-hydrogen) atoms. The van der Waals surface area contributed by atoms with E-state index in [1.807, 2.05) is 11.0 Å². The normalized spacial score (nSPS) is 23.5. The molecule has 1 amide bonds. The summed E-state index contributed by atoms with van der Waals surface area (Å²) in [6.07, 6.45) is 1.57. The first-order valence-electron chi connectivity index (χ1n) is 7.07. The summed E-state index contributed by atoms with van der Waals surface area (Å²) in [6.45, 7) is 0.903. The van der Waals surface area contributed by atoms with Crippen LogP contribution >= 0.6 is 0 Å². The first kappa shape index (κ1) is 12.9. The lowest BCUT2D eigenvalue weighted by Gasteiger charge is -2.34. The smallest absolute Gasteiger partial charge is 0.407 e. The van der Waals surface area contributed by atoms with E-state index >= 15 is 0 Å². The van der Waals surface area contributed by atoms with Gasteiger partial charge in [-0.3, -0.25) is 10.1 Å². The summed E-state index contributed by atoms with van der Waals surface area (Å²) >= 11 is 0. The maximum Gasteiger partial charge on any atom is 0.407 e. The Morgan fingerprint density at radius 2 is 2.14 bits per heavy atom. The fourth-order valence-corrected chi connectivity index (χ4v) is 3.73.